The molecule has 4 nitrogen and oxygen atoms in total. The molecule has 1 heterocycles. The molecule has 96 valence electrons. The number of hydrogen-bond donors (Lipinski definition) is 1. The van der Waals surface area contributed by atoms with Crippen molar-refractivity contribution in [3.05, 3.63) is 0 Å². The molecule has 1 saturated heterocycles. The summed E-state index contributed by atoms with van der Waals surface area (Å²) in [6.07, 6.45) is 8.04. The summed E-state index contributed by atoms with van der Waals surface area (Å²) >= 11 is 0. The zero-order chi connectivity index (χ0) is 11.9. The summed E-state index contributed by atoms with van der Waals surface area (Å²) in [5, 5.41) is 9.02. The zero-order valence-corrected chi connectivity index (χ0v) is 10.2. The van der Waals surface area contributed by atoms with Gasteiger partial charge in [-0.2, -0.15) is 0 Å². The third kappa shape index (κ3) is 2.33. The van der Waals surface area contributed by atoms with Crippen LogP contribution in [0.15, 0.2) is 0 Å². The average molecular weight is 239 g/mol. The van der Waals surface area contributed by atoms with E-state index in [4.69, 9.17) is 9.84 Å². The maximum absolute atomic E-state index is 11.0. The van der Waals surface area contributed by atoms with Gasteiger partial charge >= 0.3 is 5.97 Å². The van der Waals surface area contributed by atoms with Crippen LogP contribution in [0.3, 0.4) is 0 Å². The summed E-state index contributed by atoms with van der Waals surface area (Å²) < 4.78 is 5.91. The number of nitrogens with zero attached hydrogens (tertiary/aromatic N) is 1. The molecular weight excluding hydrogens is 218 g/mol. The van der Waals surface area contributed by atoms with Crippen LogP contribution < -0.4 is 0 Å². The lowest BCUT2D eigenvalue weighted by Crippen LogP contribution is -2.53. The second-order valence-corrected chi connectivity index (χ2v) is 5.83. The number of hydrogen-bond acceptors (Lipinski definition) is 3. The van der Waals surface area contributed by atoms with Gasteiger partial charge in [0.05, 0.1) is 12.1 Å². The van der Waals surface area contributed by atoms with Crippen LogP contribution in [0.25, 0.3) is 0 Å². The molecule has 3 rings (SSSR count). The van der Waals surface area contributed by atoms with Crippen LogP contribution in [0.1, 0.15) is 44.9 Å². The fourth-order valence-corrected chi connectivity index (χ4v) is 3.32. The van der Waals surface area contributed by atoms with Gasteiger partial charge in [-0.15, -0.1) is 0 Å². The van der Waals surface area contributed by atoms with Crippen molar-refractivity contribution in [2.45, 2.75) is 62.6 Å². The Morgan fingerprint density at radius 1 is 1.29 bits per heavy atom. The average Bonchev–Trinajstić information content (AvgIpc) is 3.07. The fourth-order valence-electron chi connectivity index (χ4n) is 3.32. The molecule has 2 aliphatic carbocycles. The number of rotatable bonds is 4. The van der Waals surface area contributed by atoms with Crippen molar-refractivity contribution >= 4 is 5.97 Å². The lowest BCUT2D eigenvalue weighted by Gasteiger charge is -2.49. The van der Waals surface area contributed by atoms with E-state index in [1.165, 1.54) is 32.1 Å². The Kier molecular flexibility index (Phi) is 2.87. The maximum atomic E-state index is 11.0. The first-order chi connectivity index (χ1) is 8.19. The van der Waals surface area contributed by atoms with E-state index in [0.29, 0.717) is 12.1 Å². The second kappa shape index (κ2) is 4.25. The van der Waals surface area contributed by atoms with E-state index in [0.717, 1.165) is 19.4 Å². The van der Waals surface area contributed by atoms with Crippen molar-refractivity contribution in [3.8, 4) is 0 Å². The van der Waals surface area contributed by atoms with Crippen LogP contribution in [0.4, 0.5) is 0 Å². The van der Waals surface area contributed by atoms with Gasteiger partial charge in [-0.1, -0.05) is 0 Å². The van der Waals surface area contributed by atoms with Crippen LogP contribution in [-0.4, -0.2) is 46.8 Å². The van der Waals surface area contributed by atoms with E-state index in [1.807, 2.05) is 0 Å². The van der Waals surface area contributed by atoms with Crippen molar-refractivity contribution in [1.82, 2.24) is 4.90 Å². The Bertz CT molecular complexity index is 310. The first-order valence-electron chi connectivity index (χ1n) is 6.80. The molecule has 3 fully saturated rings. The lowest BCUT2D eigenvalue weighted by molar-refractivity contribution is -0.156. The van der Waals surface area contributed by atoms with E-state index in [-0.39, 0.29) is 12.1 Å². The van der Waals surface area contributed by atoms with Gasteiger partial charge in [0, 0.05) is 18.7 Å². The molecule has 3 aliphatic rings. The minimum Gasteiger partial charge on any atom is -0.480 e. The highest BCUT2D eigenvalue weighted by Crippen LogP contribution is 2.44. The molecule has 1 N–H and O–H groups in total. The fraction of sp³-hybridized carbons (Fsp3) is 0.923. The first kappa shape index (κ1) is 11.5. The van der Waals surface area contributed by atoms with Crippen LogP contribution in [-0.2, 0) is 9.53 Å². The van der Waals surface area contributed by atoms with Crippen LogP contribution in [0.2, 0.25) is 0 Å². The molecule has 1 unspecified atom stereocenters. The Morgan fingerprint density at radius 2 is 2.06 bits per heavy atom. The van der Waals surface area contributed by atoms with Gasteiger partial charge < -0.3 is 9.84 Å². The van der Waals surface area contributed by atoms with Gasteiger partial charge in [-0.3, -0.25) is 9.69 Å². The molecule has 1 aliphatic heterocycles. The highest BCUT2D eigenvalue weighted by molar-refractivity contribution is 5.69. The number of ether oxygens (including phenoxy) is 1. The van der Waals surface area contributed by atoms with Gasteiger partial charge in [-0.05, 0) is 44.9 Å². The number of carboxylic acid groups (broad SMARTS) is 1. The first-order valence-corrected chi connectivity index (χ1v) is 6.80. The van der Waals surface area contributed by atoms with Crippen LogP contribution >= 0.6 is 0 Å². The molecule has 1 spiro atoms. The smallest absolute Gasteiger partial charge is 0.317 e. The van der Waals surface area contributed by atoms with E-state index in [1.54, 1.807) is 0 Å². The molecule has 1 atom stereocenters. The van der Waals surface area contributed by atoms with Crippen molar-refractivity contribution < 1.29 is 14.6 Å². The quantitative estimate of drug-likeness (QED) is 0.810. The minimum absolute atomic E-state index is 0.120. The third-order valence-electron chi connectivity index (χ3n) is 4.53. The summed E-state index contributed by atoms with van der Waals surface area (Å²) in [4.78, 5) is 13.2. The molecule has 0 aromatic rings. The molecule has 17 heavy (non-hydrogen) atoms. The topological polar surface area (TPSA) is 49.8 Å². The normalized spacial score (nSPS) is 31.5. The Morgan fingerprint density at radius 3 is 2.59 bits per heavy atom. The van der Waals surface area contributed by atoms with Crippen molar-refractivity contribution in [2.24, 2.45) is 0 Å². The molecule has 0 amide bonds. The van der Waals surface area contributed by atoms with Crippen LogP contribution in [0.5, 0.6) is 0 Å². The zero-order valence-electron chi connectivity index (χ0n) is 10.2. The second-order valence-electron chi connectivity index (χ2n) is 5.83. The number of aliphatic carboxylic acids is 1. The third-order valence-corrected chi connectivity index (χ3v) is 4.53. The minimum atomic E-state index is -0.689. The summed E-state index contributed by atoms with van der Waals surface area (Å²) in [7, 11) is 0. The summed E-state index contributed by atoms with van der Waals surface area (Å²) in [6, 6.07) is 0.971. The van der Waals surface area contributed by atoms with E-state index < -0.39 is 5.97 Å². The van der Waals surface area contributed by atoms with Crippen molar-refractivity contribution in [2.75, 3.05) is 13.2 Å². The molecule has 0 bridgehead atoms. The summed E-state index contributed by atoms with van der Waals surface area (Å²) in [5.74, 6) is -0.689. The number of carbonyl (C=O) groups is 1. The predicted molar refractivity (Wildman–Crippen MR) is 62.9 cm³/mol. The van der Waals surface area contributed by atoms with Gasteiger partial charge in [-0.25, -0.2) is 0 Å². The molecule has 0 radical (unpaired) electrons. The van der Waals surface area contributed by atoms with E-state index in [9.17, 15) is 4.79 Å². The van der Waals surface area contributed by atoms with E-state index in [2.05, 4.69) is 4.90 Å². The molecule has 0 aromatic heterocycles. The molecule has 2 saturated carbocycles. The lowest BCUT2D eigenvalue weighted by atomic mass is 9.73. The van der Waals surface area contributed by atoms with Gasteiger partial charge in [0.25, 0.3) is 0 Å². The summed E-state index contributed by atoms with van der Waals surface area (Å²) in [5.41, 5.74) is 0.120. The summed E-state index contributed by atoms with van der Waals surface area (Å²) in [6.45, 7) is 1.03. The molecule has 4 heteroatoms. The standard InChI is InChI=1S/C13H21NO3/c15-12(16)9-14(10-2-3-10)11-4-7-17-13(8-11)5-1-6-13/h10-11H,1-9H2,(H,15,16). The van der Waals surface area contributed by atoms with Gasteiger partial charge in [0.2, 0.25) is 0 Å². The molecule has 0 aromatic carbocycles. The molecular formula is C13H21NO3. The Labute approximate surface area is 102 Å². The van der Waals surface area contributed by atoms with E-state index >= 15 is 0 Å². The predicted octanol–water partition coefficient (Wildman–Crippen LogP) is 1.64. The SMILES string of the molecule is O=C(O)CN(C1CC1)C1CCOC2(CCC2)C1. The van der Waals surface area contributed by atoms with Gasteiger partial charge in [0.15, 0.2) is 0 Å². The maximum Gasteiger partial charge on any atom is 0.317 e. The van der Waals surface area contributed by atoms with Crippen LogP contribution in [0, 0.1) is 0 Å². The number of carboxylic acids is 1. The Hall–Kier alpha value is -0.610. The van der Waals surface area contributed by atoms with Gasteiger partial charge in [0.1, 0.15) is 0 Å². The van der Waals surface area contributed by atoms with Crippen molar-refractivity contribution in [3.63, 3.8) is 0 Å². The monoisotopic (exact) mass is 239 g/mol. The highest BCUT2D eigenvalue weighted by atomic mass is 16.5. The largest absolute Gasteiger partial charge is 0.480 e. The Balaban J connectivity index is 1.65. The van der Waals surface area contributed by atoms with Crippen molar-refractivity contribution in [1.29, 1.82) is 0 Å². The highest BCUT2D eigenvalue weighted by Gasteiger charge is 2.46.